The molecule has 2 aromatic carbocycles. The Kier molecular flexibility index (Phi) is 5.32. The van der Waals surface area contributed by atoms with E-state index in [9.17, 15) is 9.59 Å². The molecule has 0 fully saturated rings. The highest BCUT2D eigenvalue weighted by atomic mass is 32.1. The summed E-state index contributed by atoms with van der Waals surface area (Å²) in [6.07, 6.45) is 0.603. The summed E-state index contributed by atoms with van der Waals surface area (Å²) in [5.74, 6) is -0.405. The van der Waals surface area contributed by atoms with Crippen LogP contribution in [0.5, 0.6) is 0 Å². The molecule has 1 heterocycles. The minimum atomic E-state index is -0.416. The zero-order valence-corrected chi connectivity index (χ0v) is 15.8. The average molecular weight is 367 g/mol. The third-order valence-electron chi connectivity index (χ3n) is 4.28. The van der Waals surface area contributed by atoms with Crippen molar-refractivity contribution in [1.29, 1.82) is 0 Å². The molecular formula is C20H21N3O2S. The van der Waals surface area contributed by atoms with Gasteiger partial charge in [-0.1, -0.05) is 48.1 Å². The number of aromatic nitrogens is 1. The first-order valence-electron chi connectivity index (χ1n) is 8.52. The number of rotatable bonds is 4. The maximum atomic E-state index is 12.6. The van der Waals surface area contributed by atoms with Crippen molar-refractivity contribution in [2.24, 2.45) is 4.99 Å². The summed E-state index contributed by atoms with van der Waals surface area (Å²) in [7, 11) is 1.62. The van der Waals surface area contributed by atoms with Gasteiger partial charge in [0.2, 0.25) is 5.91 Å². The number of carbonyl (C=O) groups excluding carboxylic acids is 2. The Balaban J connectivity index is 2.18. The average Bonchev–Trinajstić information content (AvgIpc) is 3.00. The molecule has 6 heteroatoms. The van der Waals surface area contributed by atoms with Crippen LogP contribution in [0.4, 0.5) is 0 Å². The summed E-state index contributed by atoms with van der Waals surface area (Å²) < 4.78 is 2.86. The molecule has 0 aliphatic carbocycles. The van der Waals surface area contributed by atoms with E-state index in [0.29, 0.717) is 16.8 Å². The van der Waals surface area contributed by atoms with Gasteiger partial charge in [0, 0.05) is 12.6 Å². The number of fused-ring (bicyclic) bond motifs is 1. The van der Waals surface area contributed by atoms with Crippen LogP contribution in [0, 0.1) is 6.92 Å². The molecule has 134 valence electrons. The van der Waals surface area contributed by atoms with Gasteiger partial charge in [0.1, 0.15) is 6.04 Å². The van der Waals surface area contributed by atoms with Gasteiger partial charge in [0.15, 0.2) is 4.80 Å². The minimum Gasteiger partial charge on any atom is -0.357 e. The predicted molar refractivity (Wildman–Crippen MR) is 104 cm³/mol. The van der Waals surface area contributed by atoms with Crippen LogP contribution in [0.3, 0.4) is 0 Å². The standard InChI is InChI=1S/C20H21N3O2S/c1-4-15(19(25)21-3)23-16-7-5-6-8-17(16)26-20(23)22-18(24)14-11-9-13(2)10-12-14/h5-12,15H,4H2,1-3H3,(H,21,25). The smallest absolute Gasteiger partial charge is 0.279 e. The maximum absolute atomic E-state index is 12.6. The first kappa shape index (κ1) is 18.1. The van der Waals surface area contributed by atoms with Crippen LogP contribution in [-0.2, 0) is 4.79 Å². The molecule has 0 saturated carbocycles. The van der Waals surface area contributed by atoms with Crippen LogP contribution >= 0.6 is 11.3 Å². The molecule has 26 heavy (non-hydrogen) atoms. The number of para-hydroxylation sites is 1. The number of hydrogen-bond acceptors (Lipinski definition) is 3. The molecule has 0 aliphatic heterocycles. The number of hydrogen-bond donors (Lipinski definition) is 1. The lowest BCUT2D eigenvalue weighted by Crippen LogP contribution is -2.34. The van der Waals surface area contributed by atoms with Crippen molar-refractivity contribution in [2.75, 3.05) is 7.05 Å². The van der Waals surface area contributed by atoms with E-state index >= 15 is 0 Å². The highest BCUT2D eigenvalue weighted by Gasteiger charge is 2.21. The Morgan fingerprint density at radius 3 is 2.50 bits per heavy atom. The molecule has 3 rings (SSSR count). The van der Waals surface area contributed by atoms with Gasteiger partial charge in [-0.15, -0.1) is 0 Å². The lowest BCUT2D eigenvalue weighted by Gasteiger charge is -2.16. The van der Waals surface area contributed by atoms with Gasteiger partial charge in [-0.05, 0) is 37.6 Å². The summed E-state index contributed by atoms with van der Waals surface area (Å²) in [6, 6.07) is 14.7. The molecule has 1 N–H and O–H groups in total. The van der Waals surface area contributed by atoms with Crippen LogP contribution in [0.1, 0.15) is 35.3 Å². The molecule has 0 saturated heterocycles. The Morgan fingerprint density at radius 1 is 1.15 bits per heavy atom. The first-order valence-corrected chi connectivity index (χ1v) is 9.34. The van der Waals surface area contributed by atoms with Gasteiger partial charge in [0.05, 0.1) is 10.2 Å². The Labute approximate surface area is 156 Å². The van der Waals surface area contributed by atoms with Crippen molar-refractivity contribution < 1.29 is 9.59 Å². The van der Waals surface area contributed by atoms with Crippen molar-refractivity contribution >= 4 is 33.4 Å². The minimum absolute atomic E-state index is 0.0970. The highest BCUT2D eigenvalue weighted by molar-refractivity contribution is 7.16. The molecule has 5 nitrogen and oxygen atoms in total. The van der Waals surface area contributed by atoms with Gasteiger partial charge < -0.3 is 9.88 Å². The van der Waals surface area contributed by atoms with E-state index in [2.05, 4.69) is 10.3 Å². The van der Waals surface area contributed by atoms with Gasteiger partial charge in [0.25, 0.3) is 5.91 Å². The quantitative estimate of drug-likeness (QED) is 0.768. The van der Waals surface area contributed by atoms with Gasteiger partial charge >= 0.3 is 0 Å². The monoisotopic (exact) mass is 367 g/mol. The fourth-order valence-electron chi connectivity index (χ4n) is 2.87. The molecule has 2 amide bonds. The van der Waals surface area contributed by atoms with Gasteiger partial charge in [-0.2, -0.15) is 4.99 Å². The number of aryl methyl sites for hydroxylation is 1. The van der Waals surface area contributed by atoms with Crippen molar-refractivity contribution in [3.8, 4) is 0 Å². The van der Waals surface area contributed by atoms with Crippen LogP contribution < -0.4 is 10.1 Å². The SMILES string of the molecule is CCC(C(=O)NC)n1c(=NC(=O)c2ccc(C)cc2)sc2ccccc21. The second-order valence-corrected chi connectivity index (χ2v) is 7.05. The van der Waals surface area contributed by atoms with E-state index in [1.54, 1.807) is 19.2 Å². The summed E-state index contributed by atoms with van der Waals surface area (Å²) in [4.78, 5) is 29.9. The van der Waals surface area contributed by atoms with E-state index in [1.807, 2.05) is 54.8 Å². The van der Waals surface area contributed by atoms with E-state index < -0.39 is 6.04 Å². The molecular weight excluding hydrogens is 346 g/mol. The van der Waals surface area contributed by atoms with Crippen molar-refractivity contribution in [2.45, 2.75) is 26.3 Å². The van der Waals surface area contributed by atoms with Crippen molar-refractivity contribution in [1.82, 2.24) is 9.88 Å². The van der Waals surface area contributed by atoms with Crippen LogP contribution in [0.2, 0.25) is 0 Å². The zero-order chi connectivity index (χ0) is 18.7. The third-order valence-corrected chi connectivity index (χ3v) is 5.31. The summed E-state index contributed by atoms with van der Waals surface area (Å²) in [5, 5.41) is 2.71. The summed E-state index contributed by atoms with van der Waals surface area (Å²) in [6.45, 7) is 3.92. The maximum Gasteiger partial charge on any atom is 0.279 e. The molecule has 1 aromatic heterocycles. The molecule has 0 radical (unpaired) electrons. The Morgan fingerprint density at radius 2 is 1.85 bits per heavy atom. The number of nitrogens with zero attached hydrogens (tertiary/aromatic N) is 2. The predicted octanol–water partition coefficient (Wildman–Crippen LogP) is 3.45. The second-order valence-electron chi connectivity index (χ2n) is 6.04. The fraction of sp³-hybridized carbons (Fsp3) is 0.250. The second kappa shape index (κ2) is 7.66. The van der Waals surface area contributed by atoms with E-state index in [1.165, 1.54) is 11.3 Å². The molecule has 1 atom stereocenters. The topological polar surface area (TPSA) is 63.5 Å². The lowest BCUT2D eigenvalue weighted by molar-refractivity contribution is -0.123. The molecule has 1 unspecified atom stereocenters. The van der Waals surface area contributed by atoms with Crippen LogP contribution in [-0.4, -0.2) is 23.4 Å². The third kappa shape index (κ3) is 3.46. The van der Waals surface area contributed by atoms with E-state index in [0.717, 1.165) is 15.8 Å². The van der Waals surface area contributed by atoms with Gasteiger partial charge in [-0.25, -0.2) is 0 Å². The highest BCUT2D eigenvalue weighted by Crippen LogP contribution is 2.22. The van der Waals surface area contributed by atoms with E-state index in [4.69, 9.17) is 0 Å². The number of likely N-dealkylation sites (N-methyl/N-ethyl adjacent to an activating group) is 1. The van der Waals surface area contributed by atoms with Crippen LogP contribution in [0.15, 0.2) is 53.5 Å². The zero-order valence-electron chi connectivity index (χ0n) is 15.0. The first-order chi connectivity index (χ1) is 12.5. The number of amides is 2. The summed E-state index contributed by atoms with van der Waals surface area (Å²) in [5.41, 5.74) is 2.53. The van der Waals surface area contributed by atoms with Crippen molar-refractivity contribution in [3.63, 3.8) is 0 Å². The molecule has 3 aromatic rings. The normalized spacial score (nSPS) is 13.0. The number of carbonyl (C=O) groups is 2. The summed E-state index contributed by atoms with van der Waals surface area (Å²) >= 11 is 1.42. The van der Waals surface area contributed by atoms with Crippen LogP contribution in [0.25, 0.3) is 10.2 Å². The molecule has 0 aliphatic rings. The Hall–Kier alpha value is -2.73. The largest absolute Gasteiger partial charge is 0.357 e. The molecule has 0 bridgehead atoms. The fourth-order valence-corrected chi connectivity index (χ4v) is 3.94. The van der Waals surface area contributed by atoms with Crippen molar-refractivity contribution in [3.05, 3.63) is 64.5 Å². The van der Waals surface area contributed by atoms with E-state index in [-0.39, 0.29) is 11.8 Å². The Bertz CT molecular complexity index is 1020. The molecule has 0 spiro atoms. The number of nitrogens with one attached hydrogen (secondary N) is 1. The lowest BCUT2D eigenvalue weighted by atomic mass is 10.1. The number of thiazole rings is 1. The number of benzene rings is 2. The van der Waals surface area contributed by atoms with Gasteiger partial charge in [-0.3, -0.25) is 9.59 Å².